The summed E-state index contributed by atoms with van der Waals surface area (Å²) in [5, 5.41) is 14.5. The van der Waals surface area contributed by atoms with Crippen LogP contribution in [0.1, 0.15) is 47.2 Å². The Kier molecular flexibility index (Phi) is 6.77. The van der Waals surface area contributed by atoms with Crippen molar-refractivity contribution in [3.05, 3.63) is 76.3 Å². The third-order valence-corrected chi connectivity index (χ3v) is 6.63. The lowest BCUT2D eigenvalue weighted by molar-refractivity contribution is -0.125. The van der Waals surface area contributed by atoms with Gasteiger partial charge in [0.1, 0.15) is 6.04 Å². The van der Waals surface area contributed by atoms with Crippen LogP contribution in [0.3, 0.4) is 0 Å². The molecule has 1 aliphatic heterocycles. The number of nitrogens with zero attached hydrogens (tertiary/aromatic N) is 7. The van der Waals surface area contributed by atoms with E-state index in [4.69, 9.17) is 11.6 Å². The predicted octanol–water partition coefficient (Wildman–Crippen LogP) is 3.59. The first-order valence-electron chi connectivity index (χ1n) is 12.0. The summed E-state index contributed by atoms with van der Waals surface area (Å²) in [5.74, 6) is 0.302. The molecule has 4 heterocycles. The molecular weight excluding hydrogens is 506 g/mol. The molecule has 0 unspecified atom stereocenters. The number of rotatable bonds is 7. The fraction of sp³-hybridized carbons (Fsp3) is 0.269. The molecule has 11 nitrogen and oxygen atoms in total. The smallest absolute Gasteiger partial charge is 0.255 e. The fourth-order valence-electron chi connectivity index (χ4n) is 4.29. The Bertz CT molecular complexity index is 1540. The first-order valence-corrected chi connectivity index (χ1v) is 12.4. The largest absolute Gasteiger partial charge is 0.346 e. The molecule has 3 aromatic heterocycles. The molecule has 12 heteroatoms. The molecule has 2 atom stereocenters. The van der Waals surface area contributed by atoms with Crippen LogP contribution in [0.15, 0.2) is 48.8 Å². The first kappa shape index (κ1) is 25.3. The van der Waals surface area contributed by atoms with Gasteiger partial charge in [0.05, 0.1) is 34.8 Å². The monoisotopic (exact) mass is 531 g/mol. The standard InChI is InChI=1S/C26H26ClN9O2/c1-14-6-5-7-21(30-14)15(2)31-24(37)16(3)36-13-18-9-8-17(10-19(18)25(36)38)23-20(27)11-28-26(33-23)32-22-12-29-35(4)34-22/h5-12,15-16H,13H2,1-4H3,(H,31,37)(H,28,32,33,34)/t15-,16-/m1/s1. The van der Waals surface area contributed by atoms with Gasteiger partial charge in [0, 0.05) is 30.4 Å². The maximum atomic E-state index is 13.4. The van der Waals surface area contributed by atoms with Gasteiger partial charge in [0.25, 0.3) is 5.91 Å². The van der Waals surface area contributed by atoms with Crippen molar-refractivity contribution in [2.75, 3.05) is 5.32 Å². The van der Waals surface area contributed by atoms with E-state index in [1.54, 1.807) is 31.1 Å². The topological polar surface area (TPSA) is 131 Å². The molecule has 5 rings (SSSR count). The maximum Gasteiger partial charge on any atom is 0.255 e. The average molecular weight is 532 g/mol. The van der Waals surface area contributed by atoms with Crippen molar-refractivity contribution in [3.8, 4) is 11.3 Å². The van der Waals surface area contributed by atoms with Crippen molar-refractivity contribution < 1.29 is 9.59 Å². The SMILES string of the molecule is Cc1cccc([C@@H](C)NC(=O)[C@@H](C)N2Cc3ccc(-c4nc(Nc5cnn(C)n5)ncc4Cl)cc3C2=O)n1. The second kappa shape index (κ2) is 10.2. The van der Waals surface area contributed by atoms with Crippen LogP contribution >= 0.6 is 11.6 Å². The zero-order valence-electron chi connectivity index (χ0n) is 21.3. The molecule has 2 amide bonds. The van der Waals surface area contributed by atoms with Crippen molar-refractivity contribution in [1.82, 2.24) is 40.2 Å². The lowest BCUT2D eigenvalue weighted by atomic mass is 10.0. The van der Waals surface area contributed by atoms with Gasteiger partial charge in [-0.15, -0.1) is 5.10 Å². The van der Waals surface area contributed by atoms with E-state index in [1.165, 1.54) is 11.0 Å². The zero-order chi connectivity index (χ0) is 27.0. The van der Waals surface area contributed by atoms with Gasteiger partial charge in [0.15, 0.2) is 5.82 Å². The van der Waals surface area contributed by atoms with E-state index < -0.39 is 6.04 Å². The summed E-state index contributed by atoms with van der Waals surface area (Å²) in [6.45, 7) is 5.83. The molecule has 194 valence electrons. The van der Waals surface area contributed by atoms with E-state index in [9.17, 15) is 9.59 Å². The molecule has 0 saturated heterocycles. The molecule has 0 bridgehead atoms. The summed E-state index contributed by atoms with van der Waals surface area (Å²) in [6.07, 6.45) is 3.04. The van der Waals surface area contributed by atoms with E-state index in [0.29, 0.717) is 40.2 Å². The summed E-state index contributed by atoms with van der Waals surface area (Å²) >= 11 is 6.42. The summed E-state index contributed by atoms with van der Waals surface area (Å²) in [7, 11) is 1.70. The van der Waals surface area contributed by atoms with Gasteiger partial charge in [-0.2, -0.15) is 9.90 Å². The second-order valence-corrected chi connectivity index (χ2v) is 9.56. The Morgan fingerprint density at radius 1 is 1.13 bits per heavy atom. The quantitative estimate of drug-likeness (QED) is 0.370. The van der Waals surface area contributed by atoms with Gasteiger partial charge >= 0.3 is 0 Å². The van der Waals surface area contributed by atoms with E-state index in [1.807, 2.05) is 44.2 Å². The molecule has 4 aromatic rings. The number of carbonyl (C=O) groups is 2. The summed E-state index contributed by atoms with van der Waals surface area (Å²) < 4.78 is 0. The minimum absolute atomic E-state index is 0.228. The highest BCUT2D eigenvalue weighted by molar-refractivity contribution is 6.33. The third-order valence-electron chi connectivity index (χ3n) is 6.36. The Labute approximate surface area is 224 Å². The van der Waals surface area contributed by atoms with Crippen LogP contribution in [0.2, 0.25) is 5.02 Å². The van der Waals surface area contributed by atoms with Gasteiger partial charge < -0.3 is 15.5 Å². The number of pyridine rings is 1. The molecule has 1 aliphatic rings. The summed E-state index contributed by atoms with van der Waals surface area (Å²) in [5.41, 5.74) is 4.10. The van der Waals surface area contributed by atoms with Crippen molar-refractivity contribution in [2.45, 2.75) is 39.4 Å². The van der Waals surface area contributed by atoms with Gasteiger partial charge in [-0.1, -0.05) is 29.8 Å². The summed E-state index contributed by atoms with van der Waals surface area (Å²) in [6, 6.07) is 10.2. The number of carbonyl (C=O) groups excluding carboxylic acids is 2. The first-order chi connectivity index (χ1) is 18.2. The van der Waals surface area contributed by atoms with Crippen molar-refractivity contribution >= 4 is 35.2 Å². The molecule has 2 N–H and O–H groups in total. The highest BCUT2D eigenvalue weighted by atomic mass is 35.5. The average Bonchev–Trinajstić information content (AvgIpc) is 3.46. The molecular formula is C26H26ClN9O2. The maximum absolute atomic E-state index is 13.4. The van der Waals surface area contributed by atoms with Crippen LogP contribution in [0, 0.1) is 6.92 Å². The highest BCUT2D eigenvalue weighted by Crippen LogP contribution is 2.32. The highest BCUT2D eigenvalue weighted by Gasteiger charge is 2.34. The van der Waals surface area contributed by atoms with Gasteiger partial charge in [-0.05, 0) is 44.5 Å². The van der Waals surface area contributed by atoms with Crippen LogP contribution in [-0.4, -0.2) is 52.7 Å². The van der Waals surface area contributed by atoms with Crippen molar-refractivity contribution in [3.63, 3.8) is 0 Å². The number of aromatic nitrogens is 6. The van der Waals surface area contributed by atoms with E-state index in [0.717, 1.165) is 17.0 Å². The van der Waals surface area contributed by atoms with Gasteiger partial charge in [0.2, 0.25) is 11.9 Å². The number of anilines is 2. The molecule has 0 saturated carbocycles. The number of benzene rings is 1. The molecule has 0 aliphatic carbocycles. The van der Waals surface area contributed by atoms with E-state index in [2.05, 4.69) is 35.8 Å². The van der Waals surface area contributed by atoms with E-state index >= 15 is 0 Å². The lowest BCUT2D eigenvalue weighted by Gasteiger charge is -2.25. The van der Waals surface area contributed by atoms with E-state index in [-0.39, 0.29) is 17.9 Å². The molecule has 1 aromatic carbocycles. The third kappa shape index (κ3) is 5.05. The number of halogens is 1. The minimum atomic E-state index is -0.670. The minimum Gasteiger partial charge on any atom is -0.346 e. The Balaban J connectivity index is 1.33. The number of aryl methyl sites for hydroxylation is 2. The van der Waals surface area contributed by atoms with Crippen LogP contribution < -0.4 is 10.6 Å². The molecule has 0 radical (unpaired) electrons. The van der Waals surface area contributed by atoms with Crippen LogP contribution in [-0.2, 0) is 18.4 Å². The Hall–Kier alpha value is -4.38. The second-order valence-electron chi connectivity index (χ2n) is 9.15. The van der Waals surface area contributed by atoms with Crippen LogP contribution in [0.4, 0.5) is 11.8 Å². The number of amides is 2. The zero-order valence-corrected chi connectivity index (χ0v) is 22.1. The molecule has 0 spiro atoms. The Morgan fingerprint density at radius 3 is 2.68 bits per heavy atom. The number of hydrogen-bond donors (Lipinski definition) is 2. The molecule has 0 fully saturated rings. The summed E-state index contributed by atoms with van der Waals surface area (Å²) in [4.78, 5) is 42.6. The van der Waals surface area contributed by atoms with Gasteiger partial charge in [-0.3, -0.25) is 14.6 Å². The van der Waals surface area contributed by atoms with Crippen molar-refractivity contribution in [2.24, 2.45) is 7.05 Å². The predicted molar refractivity (Wildman–Crippen MR) is 142 cm³/mol. The molecule has 38 heavy (non-hydrogen) atoms. The fourth-order valence-corrected chi connectivity index (χ4v) is 4.49. The lowest BCUT2D eigenvalue weighted by Crippen LogP contribution is -2.46. The number of fused-ring (bicyclic) bond motifs is 1. The van der Waals surface area contributed by atoms with Crippen LogP contribution in [0.5, 0.6) is 0 Å². The normalized spacial score (nSPS) is 14.2. The van der Waals surface area contributed by atoms with Crippen molar-refractivity contribution in [1.29, 1.82) is 0 Å². The number of nitrogens with one attached hydrogen (secondary N) is 2. The van der Waals surface area contributed by atoms with Crippen LogP contribution in [0.25, 0.3) is 11.3 Å². The van der Waals surface area contributed by atoms with Gasteiger partial charge in [-0.25, -0.2) is 9.97 Å². The number of hydrogen-bond acceptors (Lipinski definition) is 8. The Morgan fingerprint density at radius 2 is 1.95 bits per heavy atom.